The fourth-order valence-electron chi connectivity index (χ4n) is 3.24. The number of carboxylic acids is 1. The maximum absolute atomic E-state index is 13.1. The van der Waals surface area contributed by atoms with Crippen molar-refractivity contribution in [2.24, 2.45) is 7.05 Å². The van der Waals surface area contributed by atoms with Gasteiger partial charge in [0.1, 0.15) is 5.82 Å². The summed E-state index contributed by atoms with van der Waals surface area (Å²) in [5.41, 5.74) is 2.96. The maximum Gasteiger partial charge on any atom is 0.490 e. The van der Waals surface area contributed by atoms with E-state index in [1.807, 2.05) is 25.5 Å². The normalized spacial score (nSPS) is 16.3. The number of nitrogens with zero attached hydrogens (tertiary/aromatic N) is 3. The zero-order valence-corrected chi connectivity index (χ0v) is 17.3. The Morgan fingerprint density at radius 1 is 1.26 bits per heavy atom. The number of amides is 1. The molecule has 2 N–H and O–H groups in total. The Hall–Kier alpha value is -2.95. The van der Waals surface area contributed by atoms with Crippen molar-refractivity contribution in [1.29, 1.82) is 0 Å². The zero-order valence-electron chi connectivity index (χ0n) is 17.3. The van der Waals surface area contributed by atoms with Crippen LogP contribution in [0.5, 0.6) is 0 Å². The molecular formula is C20H24F4N4O3. The number of hydrogen-bond acceptors (Lipinski definition) is 4. The van der Waals surface area contributed by atoms with Crippen LogP contribution in [0.15, 0.2) is 30.6 Å². The van der Waals surface area contributed by atoms with E-state index >= 15 is 0 Å². The first-order chi connectivity index (χ1) is 14.4. The second-order valence-electron chi connectivity index (χ2n) is 7.50. The van der Waals surface area contributed by atoms with Gasteiger partial charge in [0.05, 0.1) is 23.6 Å². The monoisotopic (exact) mass is 444 g/mol. The van der Waals surface area contributed by atoms with Gasteiger partial charge in [-0.3, -0.25) is 9.69 Å². The largest absolute Gasteiger partial charge is 0.490 e. The van der Waals surface area contributed by atoms with Gasteiger partial charge in [-0.05, 0) is 31.5 Å². The number of fused-ring (bicyclic) bond motifs is 1. The first kappa shape index (κ1) is 24.3. The van der Waals surface area contributed by atoms with Crippen molar-refractivity contribution in [3.8, 4) is 0 Å². The third-order valence-electron chi connectivity index (χ3n) is 4.52. The highest BCUT2D eigenvalue weighted by Crippen LogP contribution is 2.28. The van der Waals surface area contributed by atoms with Gasteiger partial charge in [-0.1, -0.05) is 12.1 Å². The van der Waals surface area contributed by atoms with Gasteiger partial charge in [-0.2, -0.15) is 13.2 Å². The molecule has 1 unspecified atom stereocenters. The molecule has 1 aliphatic rings. The van der Waals surface area contributed by atoms with E-state index in [-0.39, 0.29) is 23.7 Å². The number of aryl methyl sites for hydroxylation is 1. The summed E-state index contributed by atoms with van der Waals surface area (Å²) in [6.07, 6.45) is -3.32. The number of carbonyl (C=O) groups is 2. The lowest BCUT2D eigenvalue weighted by molar-refractivity contribution is -0.192. The lowest BCUT2D eigenvalue weighted by Gasteiger charge is -2.32. The van der Waals surface area contributed by atoms with Gasteiger partial charge < -0.3 is 15.0 Å². The van der Waals surface area contributed by atoms with E-state index in [2.05, 4.69) is 15.2 Å². The van der Waals surface area contributed by atoms with Gasteiger partial charge in [0.25, 0.3) is 0 Å². The highest BCUT2D eigenvalue weighted by Gasteiger charge is 2.38. The molecule has 2 heterocycles. The van der Waals surface area contributed by atoms with Crippen molar-refractivity contribution in [1.82, 2.24) is 19.8 Å². The number of carbonyl (C=O) groups excluding carboxylic acids is 1. The number of benzene rings is 1. The van der Waals surface area contributed by atoms with E-state index in [1.165, 1.54) is 12.1 Å². The van der Waals surface area contributed by atoms with E-state index in [0.717, 1.165) is 17.0 Å². The van der Waals surface area contributed by atoms with Gasteiger partial charge in [0.15, 0.2) is 0 Å². The van der Waals surface area contributed by atoms with Crippen LogP contribution >= 0.6 is 0 Å². The lowest BCUT2D eigenvalue weighted by atomic mass is 9.96. The van der Waals surface area contributed by atoms with E-state index in [4.69, 9.17) is 9.90 Å². The molecule has 0 aliphatic carbocycles. The Bertz CT molecular complexity index is 910. The fraction of sp³-hybridized carbons (Fsp3) is 0.450. The smallest absolute Gasteiger partial charge is 0.475 e. The van der Waals surface area contributed by atoms with Crippen molar-refractivity contribution < 1.29 is 32.3 Å². The summed E-state index contributed by atoms with van der Waals surface area (Å²) in [6.45, 7) is 5.91. The summed E-state index contributed by atoms with van der Waals surface area (Å²) in [4.78, 5) is 28.2. The number of imidazole rings is 1. The van der Waals surface area contributed by atoms with Crippen molar-refractivity contribution in [2.45, 2.75) is 45.1 Å². The van der Waals surface area contributed by atoms with Crippen LogP contribution in [0.3, 0.4) is 0 Å². The van der Waals surface area contributed by atoms with Gasteiger partial charge in [-0.25, -0.2) is 14.2 Å². The lowest BCUT2D eigenvalue weighted by Crippen LogP contribution is -2.43. The van der Waals surface area contributed by atoms with Crippen LogP contribution in [0, 0.1) is 5.82 Å². The van der Waals surface area contributed by atoms with E-state index in [1.54, 1.807) is 18.5 Å². The summed E-state index contributed by atoms with van der Waals surface area (Å²) in [7, 11) is 1.93. The minimum atomic E-state index is -5.08. The van der Waals surface area contributed by atoms with Crippen LogP contribution in [0.25, 0.3) is 0 Å². The van der Waals surface area contributed by atoms with Gasteiger partial charge in [-0.15, -0.1) is 0 Å². The van der Waals surface area contributed by atoms with Crippen LogP contribution in [0.1, 0.15) is 36.7 Å². The molecule has 0 saturated carbocycles. The molecule has 11 heteroatoms. The molecule has 1 atom stereocenters. The number of nitrogens with one attached hydrogen (secondary N) is 1. The predicted octanol–water partition coefficient (Wildman–Crippen LogP) is 2.82. The minimum Gasteiger partial charge on any atom is -0.475 e. The average molecular weight is 444 g/mol. The number of rotatable bonds is 4. The third kappa shape index (κ3) is 6.78. The number of carboxylic acid groups (broad SMARTS) is 1. The van der Waals surface area contributed by atoms with Crippen LogP contribution < -0.4 is 5.32 Å². The molecular weight excluding hydrogens is 420 g/mol. The maximum atomic E-state index is 13.1. The quantitative estimate of drug-likeness (QED) is 0.709. The molecule has 170 valence electrons. The molecule has 0 fully saturated rings. The number of hydrogen-bond donors (Lipinski definition) is 2. The average Bonchev–Trinajstić information content (AvgIpc) is 3.03. The summed E-state index contributed by atoms with van der Waals surface area (Å²) >= 11 is 0. The molecule has 1 aromatic heterocycles. The Kier molecular flexibility index (Phi) is 7.77. The standard InChI is InChI=1S/C18H23FN4O.C2HF3O2/c1-12(2)21-18(24)15-9-23(8-13-4-6-14(19)7-5-13)10-16-17(15)22(3)11-20-16;3-2(4,5)1(6)7/h4-7,11-12,15H,8-10H2,1-3H3,(H,21,24);(H,6,7). The summed E-state index contributed by atoms with van der Waals surface area (Å²) < 4.78 is 46.8. The molecule has 2 aromatic rings. The number of aromatic nitrogens is 2. The Balaban J connectivity index is 0.000000423. The van der Waals surface area contributed by atoms with Gasteiger partial charge in [0.2, 0.25) is 5.91 Å². The second kappa shape index (κ2) is 9.90. The molecule has 31 heavy (non-hydrogen) atoms. The van der Waals surface area contributed by atoms with Crippen molar-refractivity contribution in [2.75, 3.05) is 6.54 Å². The molecule has 0 radical (unpaired) electrons. The van der Waals surface area contributed by atoms with Crippen LogP contribution in [0.4, 0.5) is 17.6 Å². The van der Waals surface area contributed by atoms with Crippen molar-refractivity contribution in [3.63, 3.8) is 0 Å². The predicted molar refractivity (Wildman–Crippen MR) is 103 cm³/mol. The molecule has 7 nitrogen and oxygen atoms in total. The molecule has 0 spiro atoms. The summed E-state index contributed by atoms with van der Waals surface area (Å²) in [5.74, 6) is -3.21. The Morgan fingerprint density at radius 2 is 1.84 bits per heavy atom. The first-order valence-corrected chi connectivity index (χ1v) is 9.45. The highest BCUT2D eigenvalue weighted by molar-refractivity contribution is 5.84. The third-order valence-corrected chi connectivity index (χ3v) is 4.52. The molecule has 0 saturated heterocycles. The summed E-state index contributed by atoms with van der Waals surface area (Å²) in [6, 6.07) is 6.60. The topological polar surface area (TPSA) is 87.5 Å². The molecule has 1 aromatic carbocycles. The molecule has 1 amide bonds. The van der Waals surface area contributed by atoms with Crippen LogP contribution in [-0.4, -0.2) is 50.2 Å². The van der Waals surface area contributed by atoms with E-state index in [9.17, 15) is 22.4 Å². The highest BCUT2D eigenvalue weighted by atomic mass is 19.4. The van der Waals surface area contributed by atoms with E-state index < -0.39 is 12.1 Å². The SMILES string of the molecule is CC(C)NC(=O)C1CN(Cc2ccc(F)cc2)Cc2ncn(C)c21.O=C(O)C(F)(F)F. The zero-order chi connectivity index (χ0) is 23.3. The van der Waals surface area contributed by atoms with Gasteiger partial charge >= 0.3 is 12.1 Å². The van der Waals surface area contributed by atoms with E-state index in [0.29, 0.717) is 19.6 Å². The Labute approximate surface area is 176 Å². The van der Waals surface area contributed by atoms with Crippen LogP contribution in [-0.2, 0) is 29.7 Å². The minimum absolute atomic E-state index is 0.0265. The molecule has 1 aliphatic heterocycles. The molecule has 0 bridgehead atoms. The number of halogens is 4. The van der Waals surface area contributed by atoms with Crippen molar-refractivity contribution in [3.05, 3.63) is 53.4 Å². The van der Waals surface area contributed by atoms with Crippen LogP contribution in [0.2, 0.25) is 0 Å². The van der Waals surface area contributed by atoms with Crippen molar-refractivity contribution >= 4 is 11.9 Å². The summed E-state index contributed by atoms with van der Waals surface area (Å²) in [5, 5.41) is 10.1. The fourth-order valence-corrected chi connectivity index (χ4v) is 3.24. The number of alkyl halides is 3. The Morgan fingerprint density at radius 3 is 2.35 bits per heavy atom. The number of aliphatic carboxylic acids is 1. The second-order valence-corrected chi connectivity index (χ2v) is 7.50. The van der Waals surface area contributed by atoms with Gasteiger partial charge in [0, 0.05) is 32.7 Å². The molecule has 3 rings (SSSR count). The first-order valence-electron chi connectivity index (χ1n) is 9.45.